The first-order chi connectivity index (χ1) is 11.0. The Morgan fingerprint density at radius 2 is 1.87 bits per heavy atom. The van der Waals surface area contributed by atoms with Crippen molar-refractivity contribution in [2.45, 2.75) is 31.8 Å². The number of benzene rings is 1. The summed E-state index contributed by atoms with van der Waals surface area (Å²) in [5.74, 6) is -0.958. The van der Waals surface area contributed by atoms with Crippen LogP contribution in [0.4, 0.5) is 0 Å². The summed E-state index contributed by atoms with van der Waals surface area (Å²) in [6.45, 7) is 0.818. The molecule has 23 heavy (non-hydrogen) atoms. The maximum atomic E-state index is 12.7. The first-order valence-corrected chi connectivity index (χ1v) is 7.90. The molecule has 126 valence electrons. The van der Waals surface area contributed by atoms with E-state index in [1.54, 1.807) is 29.2 Å². The smallest absolute Gasteiger partial charge is 0.303 e. The zero-order chi connectivity index (χ0) is 16.8. The number of aliphatic carboxylic acids is 1. The second-order valence-corrected chi connectivity index (χ2v) is 5.93. The van der Waals surface area contributed by atoms with Crippen LogP contribution in [0.2, 0.25) is 0 Å². The van der Waals surface area contributed by atoms with Crippen LogP contribution in [-0.4, -0.2) is 57.9 Å². The molecule has 1 amide bonds. The van der Waals surface area contributed by atoms with Crippen molar-refractivity contribution >= 4 is 11.9 Å². The van der Waals surface area contributed by atoms with Gasteiger partial charge in [0.05, 0.1) is 12.7 Å². The maximum absolute atomic E-state index is 12.7. The van der Waals surface area contributed by atoms with E-state index >= 15 is 0 Å². The number of carboxylic acids is 1. The minimum Gasteiger partial charge on any atom is -0.481 e. The van der Waals surface area contributed by atoms with Gasteiger partial charge in [0.15, 0.2) is 0 Å². The molecule has 0 spiro atoms. The first-order valence-electron chi connectivity index (χ1n) is 7.90. The van der Waals surface area contributed by atoms with Crippen molar-refractivity contribution in [2.75, 3.05) is 19.7 Å². The summed E-state index contributed by atoms with van der Waals surface area (Å²) in [6.07, 6.45) is 0.914. The molecule has 2 rings (SSSR count). The number of rotatable bonds is 6. The largest absolute Gasteiger partial charge is 0.481 e. The molecule has 1 heterocycles. The first kappa shape index (κ1) is 17.4. The second-order valence-electron chi connectivity index (χ2n) is 5.93. The number of aliphatic hydroxyl groups is 2. The molecule has 0 radical (unpaired) electrons. The molecule has 1 aromatic carbocycles. The Morgan fingerprint density at radius 3 is 2.48 bits per heavy atom. The molecule has 1 aliphatic heterocycles. The van der Waals surface area contributed by atoms with Gasteiger partial charge in [0.2, 0.25) is 0 Å². The van der Waals surface area contributed by atoms with E-state index in [1.807, 2.05) is 0 Å². The van der Waals surface area contributed by atoms with Crippen molar-refractivity contribution in [2.24, 2.45) is 5.92 Å². The van der Waals surface area contributed by atoms with E-state index in [9.17, 15) is 14.7 Å². The Hall–Kier alpha value is -1.92. The molecule has 3 N–H and O–H groups in total. The highest BCUT2D eigenvalue weighted by Crippen LogP contribution is 2.23. The molecule has 1 unspecified atom stereocenters. The topological polar surface area (TPSA) is 98.1 Å². The highest BCUT2D eigenvalue weighted by molar-refractivity contribution is 5.95. The van der Waals surface area contributed by atoms with Gasteiger partial charge in [-0.1, -0.05) is 18.2 Å². The summed E-state index contributed by atoms with van der Waals surface area (Å²) in [5, 5.41) is 27.5. The van der Waals surface area contributed by atoms with Crippen LogP contribution in [0.25, 0.3) is 0 Å². The average Bonchev–Trinajstić information content (AvgIpc) is 2.59. The molecule has 0 bridgehead atoms. The van der Waals surface area contributed by atoms with E-state index in [2.05, 4.69) is 0 Å². The number of nitrogens with zero attached hydrogens (tertiary/aromatic N) is 1. The summed E-state index contributed by atoms with van der Waals surface area (Å²) in [7, 11) is 0. The van der Waals surface area contributed by atoms with Crippen LogP contribution in [0.3, 0.4) is 0 Å². The highest BCUT2D eigenvalue weighted by Gasteiger charge is 2.28. The molecule has 0 aromatic heterocycles. The van der Waals surface area contributed by atoms with E-state index in [4.69, 9.17) is 10.2 Å². The Bertz CT molecular complexity index is 552. The van der Waals surface area contributed by atoms with Crippen LogP contribution in [0.15, 0.2) is 24.3 Å². The van der Waals surface area contributed by atoms with E-state index in [-0.39, 0.29) is 24.9 Å². The zero-order valence-electron chi connectivity index (χ0n) is 13.0. The van der Waals surface area contributed by atoms with Crippen LogP contribution in [0.1, 0.15) is 35.2 Å². The minimum absolute atomic E-state index is 0.00490. The fourth-order valence-electron chi connectivity index (χ4n) is 3.00. The van der Waals surface area contributed by atoms with Gasteiger partial charge in [-0.3, -0.25) is 9.59 Å². The normalized spacial score (nSPS) is 17.0. The summed E-state index contributed by atoms with van der Waals surface area (Å²) < 4.78 is 0. The number of piperidine rings is 1. The maximum Gasteiger partial charge on any atom is 0.303 e. The van der Waals surface area contributed by atoms with Gasteiger partial charge in [-0.05, 0) is 36.8 Å². The summed E-state index contributed by atoms with van der Waals surface area (Å²) >= 11 is 0. The summed E-state index contributed by atoms with van der Waals surface area (Å²) in [6, 6.07) is 7.10. The fourth-order valence-corrected chi connectivity index (χ4v) is 3.00. The third kappa shape index (κ3) is 4.53. The molecule has 6 nitrogen and oxygen atoms in total. The molecule has 1 saturated heterocycles. The monoisotopic (exact) mass is 321 g/mol. The van der Waals surface area contributed by atoms with Crippen LogP contribution >= 0.6 is 0 Å². The second kappa shape index (κ2) is 8.08. The van der Waals surface area contributed by atoms with Crippen molar-refractivity contribution in [1.29, 1.82) is 0 Å². The van der Waals surface area contributed by atoms with Crippen LogP contribution in [0.5, 0.6) is 0 Å². The van der Waals surface area contributed by atoms with Gasteiger partial charge < -0.3 is 20.2 Å². The van der Waals surface area contributed by atoms with Gasteiger partial charge in [-0.15, -0.1) is 0 Å². The minimum atomic E-state index is -0.883. The van der Waals surface area contributed by atoms with Gasteiger partial charge in [-0.25, -0.2) is 0 Å². The van der Waals surface area contributed by atoms with Gasteiger partial charge in [0.25, 0.3) is 5.91 Å². The van der Waals surface area contributed by atoms with Gasteiger partial charge in [-0.2, -0.15) is 0 Å². The quantitative estimate of drug-likeness (QED) is 0.723. The van der Waals surface area contributed by atoms with Crippen molar-refractivity contribution in [3.8, 4) is 0 Å². The molecule has 0 saturated carbocycles. The van der Waals surface area contributed by atoms with Crippen molar-refractivity contribution in [3.63, 3.8) is 0 Å². The third-order valence-corrected chi connectivity index (χ3v) is 4.41. The number of carboxylic acid groups (broad SMARTS) is 1. The van der Waals surface area contributed by atoms with Gasteiger partial charge in [0.1, 0.15) is 0 Å². The molecule has 0 aliphatic carbocycles. The molecular weight excluding hydrogens is 298 g/mol. The Balaban J connectivity index is 2.02. The zero-order valence-corrected chi connectivity index (χ0v) is 13.0. The lowest BCUT2D eigenvalue weighted by molar-refractivity contribution is -0.136. The fraction of sp³-hybridized carbons (Fsp3) is 0.529. The van der Waals surface area contributed by atoms with Crippen LogP contribution in [-0.2, 0) is 11.2 Å². The Labute approximate surface area is 135 Å². The number of likely N-dealkylation sites (tertiary alicyclic amines) is 1. The van der Waals surface area contributed by atoms with Crippen molar-refractivity contribution < 1.29 is 24.9 Å². The summed E-state index contributed by atoms with van der Waals surface area (Å²) in [4.78, 5) is 25.2. The SMILES string of the molecule is O=C(O)CCc1ccccc1C(=O)N1CCC(C(O)CO)CC1. The lowest BCUT2D eigenvalue weighted by atomic mass is 9.91. The number of aryl methyl sites for hydroxylation is 1. The van der Waals surface area contributed by atoms with Crippen molar-refractivity contribution in [1.82, 2.24) is 4.90 Å². The van der Waals surface area contributed by atoms with E-state index < -0.39 is 12.1 Å². The predicted octanol–water partition coefficient (Wildman–Crippen LogP) is 0.909. The average molecular weight is 321 g/mol. The van der Waals surface area contributed by atoms with E-state index in [0.29, 0.717) is 37.9 Å². The lowest BCUT2D eigenvalue weighted by Gasteiger charge is -2.34. The number of aliphatic hydroxyl groups excluding tert-OH is 2. The third-order valence-electron chi connectivity index (χ3n) is 4.41. The molecular formula is C17H23NO5. The molecule has 6 heteroatoms. The van der Waals surface area contributed by atoms with Crippen LogP contribution < -0.4 is 0 Å². The van der Waals surface area contributed by atoms with Gasteiger partial charge >= 0.3 is 5.97 Å². The predicted molar refractivity (Wildman–Crippen MR) is 84.1 cm³/mol. The highest BCUT2D eigenvalue weighted by atomic mass is 16.4. The Morgan fingerprint density at radius 1 is 1.22 bits per heavy atom. The summed E-state index contributed by atoms with van der Waals surface area (Å²) in [5.41, 5.74) is 1.30. The number of amides is 1. The van der Waals surface area contributed by atoms with E-state index in [0.717, 1.165) is 5.56 Å². The van der Waals surface area contributed by atoms with Crippen molar-refractivity contribution in [3.05, 3.63) is 35.4 Å². The van der Waals surface area contributed by atoms with E-state index in [1.165, 1.54) is 0 Å². The van der Waals surface area contributed by atoms with Crippen LogP contribution in [0, 0.1) is 5.92 Å². The molecule has 1 fully saturated rings. The number of carbonyl (C=O) groups is 2. The number of hydrogen-bond acceptors (Lipinski definition) is 4. The standard InChI is InChI=1S/C17H23NO5/c19-11-15(20)13-7-9-18(10-8-13)17(23)14-4-2-1-3-12(14)5-6-16(21)22/h1-4,13,15,19-20H,5-11H2,(H,21,22). The molecule has 1 atom stereocenters. The number of hydrogen-bond donors (Lipinski definition) is 3. The number of carbonyl (C=O) groups excluding carboxylic acids is 1. The Kier molecular flexibility index (Phi) is 6.12. The lowest BCUT2D eigenvalue weighted by Crippen LogP contribution is -2.42. The van der Waals surface area contributed by atoms with Gasteiger partial charge in [0, 0.05) is 25.1 Å². The molecule has 1 aromatic rings. The molecule has 1 aliphatic rings.